The van der Waals surface area contributed by atoms with E-state index in [1.165, 1.54) is 77.0 Å². The fourth-order valence-electron chi connectivity index (χ4n) is 5.17. The van der Waals surface area contributed by atoms with Crippen molar-refractivity contribution >= 4 is 0 Å². The Morgan fingerprint density at radius 1 is 0.609 bits per heavy atom. The fourth-order valence-corrected chi connectivity index (χ4v) is 5.17. The molecule has 0 aromatic carbocycles. The Balaban J connectivity index is 1.39. The first-order valence-electron chi connectivity index (χ1n) is 10.3. The Hall–Kier alpha value is -0.480. The molecule has 3 aliphatic rings. The zero-order valence-corrected chi connectivity index (χ0v) is 15.4. The third kappa shape index (κ3) is 4.99. The molecule has 0 radical (unpaired) electrons. The molecule has 0 saturated heterocycles. The van der Waals surface area contributed by atoms with Crippen LogP contribution in [0.5, 0.6) is 0 Å². The van der Waals surface area contributed by atoms with Crippen molar-refractivity contribution in [2.75, 3.05) is 7.11 Å². The van der Waals surface area contributed by atoms with Gasteiger partial charge in [0.2, 0.25) is 0 Å². The average Bonchev–Trinajstić information content (AvgIpc) is 2.61. The molecule has 23 heavy (non-hydrogen) atoms. The first kappa shape index (κ1) is 17.3. The van der Waals surface area contributed by atoms with Gasteiger partial charge in [0.25, 0.3) is 0 Å². The van der Waals surface area contributed by atoms with Gasteiger partial charge in [-0.3, -0.25) is 0 Å². The summed E-state index contributed by atoms with van der Waals surface area (Å²) in [5.74, 6) is 11.7. The molecular weight excluding hydrogens is 280 g/mol. The molecule has 0 aromatic rings. The molecule has 0 aromatic heterocycles. The van der Waals surface area contributed by atoms with E-state index in [4.69, 9.17) is 4.74 Å². The van der Waals surface area contributed by atoms with Crippen LogP contribution in [0.3, 0.4) is 0 Å². The highest BCUT2D eigenvalue weighted by atomic mass is 16.5. The summed E-state index contributed by atoms with van der Waals surface area (Å²) in [6.45, 7) is 2.43. The first-order valence-corrected chi connectivity index (χ1v) is 10.3. The molecular formula is C22H36O. The highest BCUT2D eigenvalue weighted by Gasteiger charge is 2.29. The van der Waals surface area contributed by atoms with Crippen molar-refractivity contribution in [2.45, 2.75) is 90.1 Å². The second-order valence-corrected chi connectivity index (χ2v) is 8.63. The van der Waals surface area contributed by atoms with E-state index < -0.39 is 0 Å². The lowest BCUT2D eigenvalue weighted by Crippen LogP contribution is -2.25. The van der Waals surface area contributed by atoms with Gasteiger partial charge in [-0.05, 0) is 82.0 Å². The minimum Gasteiger partial charge on any atom is -0.381 e. The van der Waals surface area contributed by atoms with E-state index in [-0.39, 0.29) is 0 Å². The number of hydrogen-bond acceptors (Lipinski definition) is 1. The van der Waals surface area contributed by atoms with Crippen LogP contribution in [0.15, 0.2) is 0 Å². The van der Waals surface area contributed by atoms with Crippen molar-refractivity contribution in [1.82, 2.24) is 0 Å². The predicted octanol–water partition coefficient (Wildman–Crippen LogP) is 5.83. The molecule has 3 rings (SSSR count). The molecule has 0 atom stereocenters. The van der Waals surface area contributed by atoms with Crippen LogP contribution in [-0.4, -0.2) is 13.2 Å². The second kappa shape index (κ2) is 8.57. The minimum absolute atomic E-state index is 0.502. The quantitative estimate of drug-likeness (QED) is 0.583. The van der Waals surface area contributed by atoms with Gasteiger partial charge in [0, 0.05) is 18.9 Å². The number of hydrogen-bond donors (Lipinski definition) is 0. The first-order chi connectivity index (χ1) is 11.2. The molecule has 3 saturated carbocycles. The lowest BCUT2D eigenvalue weighted by atomic mass is 9.69. The normalized spacial score (nSPS) is 41.8. The van der Waals surface area contributed by atoms with Crippen molar-refractivity contribution < 1.29 is 4.74 Å². The highest BCUT2D eigenvalue weighted by Crippen LogP contribution is 2.41. The van der Waals surface area contributed by atoms with Crippen molar-refractivity contribution in [2.24, 2.45) is 29.6 Å². The van der Waals surface area contributed by atoms with E-state index >= 15 is 0 Å². The lowest BCUT2D eigenvalue weighted by molar-refractivity contribution is 0.0636. The molecule has 0 amide bonds. The van der Waals surface area contributed by atoms with Crippen molar-refractivity contribution in [3.63, 3.8) is 0 Å². The van der Waals surface area contributed by atoms with E-state index in [2.05, 4.69) is 18.8 Å². The van der Waals surface area contributed by atoms with Gasteiger partial charge in [0.15, 0.2) is 0 Å². The van der Waals surface area contributed by atoms with Crippen LogP contribution in [0.2, 0.25) is 0 Å². The Morgan fingerprint density at radius 3 is 1.52 bits per heavy atom. The molecule has 1 heteroatoms. The third-order valence-corrected chi connectivity index (χ3v) is 7.00. The molecule has 0 unspecified atom stereocenters. The zero-order valence-electron chi connectivity index (χ0n) is 15.4. The molecule has 0 heterocycles. The van der Waals surface area contributed by atoms with Crippen LogP contribution in [0.1, 0.15) is 84.0 Å². The monoisotopic (exact) mass is 316 g/mol. The lowest BCUT2D eigenvalue weighted by Gasteiger charge is -2.36. The van der Waals surface area contributed by atoms with Gasteiger partial charge in [-0.25, -0.2) is 0 Å². The number of methoxy groups -OCH3 is 1. The minimum atomic E-state index is 0.502. The second-order valence-electron chi connectivity index (χ2n) is 8.63. The number of rotatable bonds is 2. The standard InChI is InChI=1S/C22H36O/c1-17-3-11-20(12-4-17)21-13-7-18(8-14-21)5-6-19-9-15-22(23-2)16-10-19/h17-22H,3-4,7-16H2,1-2H3. The summed E-state index contributed by atoms with van der Waals surface area (Å²) in [6, 6.07) is 0. The van der Waals surface area contributed by atoms with Gasteiger partial charge in [0.05, 0.1) is 6.10 Å². The van der Waals surface area contributed by atoms with E-state index in [0.717, 1.165) is 17.8 Å². The summed E-state index contributed by atoms with van der Waals surface area (Å²) in [5, 5.41) is 0. The van der Waals surface area contributed by atoms with Crippen LogP contribution in [0.25, 0.3) is 0 Å². The Bertz CT molecular complexity index is 393. The predicted molar refractivity (Wildman–Crippen MR) is 97.1 cm³/mol. The third-order valence-electron chi connectivity index (χ3n) is 7.00. The molecule has 3 fully saturated rings. The van der Waals surface area contributed by atoms with E-state index in [1.807, 2.05) is 7.11 Å². The molecule has 0 bridgehead atoms. The van der Waals surface area contributed by atoms with Gasteiger partial charge in [-0.15, -0.1) is 0 Å². The topological polar surface area (TPSA) is 9.23 Å². The smallest absolute Gasteiger partial charge is 0.0572 e. The Labute approximate surface area is 143 Å². The number of ether oxygens (including phenoxy) is 1. The summed E-state index contributed by atoms with van der Waals surface area (Å²) in [5.41, 5.74) is 0. The maximum Gasteiger partial charge on any atom is 0.0572 e. The van der Waals surface area contributed by atoms with Crippen molar-refractivity contribution in [3.8, 4) is 11.8 Å². The summed E-state index contributed by atoms with van der Waals surface area (Å²) in [7, 11) is 1.85. The van der Waals surface area contributed by atoms with Crippen LogP contribution >= 0.6 is 0 Å². The van der Waals surface area contributed by atoms with Gasteiger partial charge >= 0.3 is 0 Å². The zero-order chi connectivity index (χ0) is 16.1. The molecule has 0 spiro atoms. The Kier molecular flexibility index (Phi) is 6.46. The maximum absolute atomic E-state index is 5.46. The van der Waals surface area contributed by atoms with Crippen molar-refractivity contribution in [3.05, 3.63) is 0 Å². The summed E-state index contributed by atoms with van der Waals surface area (Å²) in [6.07, 6.45) is 17.0. The average molecular weight is 317 g/mol. The van der Waals surface area contributed by atoms with Crippen LogP contribution in [0, 0.1) is 41.4 Å². The van der Waals surface area contributed by atoms with Crippen molar-refractivity contribution in [1.29, 1.82) is 0 Å². The fraction of sp³-hybridized carbons (Fsp3) is 0.909. The highest BCUT2D eigenvalue weighted by molar-refractivity contribution is 5.09. The maximum atomic E-state index is 5.46. The SMILES string of the molecule is COC1CCC(C#CC2CCC(C3CCC(C)CC3)CC2)CC1. The summed E-state index contributed by atoms with van der Waals surface area (Å²) < 4.78 is 5.46. The van der Waals surface area contributed by atoms with Gasteiger partial charge in [-0.2, -0.15) is 0 Å². The molecule has 3 aliphatic carbocycles. The summed E-state index contributed by atoms with van der Waals surface area (Å²) in [4.78, 5) is 0. The molecule has 1 nitrogen and oxygen atoms in total. The summed E-state index contributed by atoms with van der Waals surface area (Å²) >= 11 is 0. The molecule has 0 N–H and O–H groups in total. The van der Waals surface area contributed by atoms with Gasteiger partial charge in [-0.1, -0.05) is 31.6 Å². The van der Waals surface area contributed by atoms with Gasteiger partial charge < -0.3 is 4.74 Å². The van der Waals surface area contributed by atoms with E-state index in [9.17, 15) is 0 Å². The van der Waals surface area contributed by atoms with Crippen LogP contribution < -0.4 is 0 Å². The largest absolute Gasteiger partial charge is 0.381 e. The van der Waals surface area contributed by atoms with Crippen LogP contribution in [-0.2, 0) is 4.74 Å². The van der Waals surface area contributed by atoms with Crippen LogP contribution in [0.4, 0.5) is 0 Å². The molecule has 130 valence electrons. The Morgan fingerprint density at radius 2 is 1.04 bits per heavy atom. The molecule has 0 aliphatic heterocycles. The van der Waals surface area contributed by atoms with E-state index in [0.29, 0.717) is 17.9 Å². The van der Waals surface area contributed by atoms with Gasteiger partial charge in [0.1, 0.15) is 0 Å². The van der Waals surface area contributed by atoms with E-state index in [1.54, 1.807) is 0 Å².